The first kappa shape index (κ1) is 16.7. The van der Waals surface area contributed by atoms with E-state index >= 15 is 0 Å². The van der Waals surface area contributed by atoms with Crippen molar-refractivity contribution < 1.29 is 14.3 Å². The molecule has 0 spiro atoms. The van der Waals surface area contributed by atoms with Gasteiger partial charge < -0.3 is 4.74 Å². The lowest BCUT2D eigenvalue weighted by Gasteiger charge is -2.34. The first-order valence-corrected chi connectivity index (χ1v) is 8.35. The molecule has 0 aromatic heterocycles. The summed E-state index contributed by atoms with van der Waals surface area (Å²) in [7, 11) is 1.33. The van der Waals surface area contributed by atoms with Crippen molar-refractivity contribution in [1.29, 1.82) is 0 Å². The summed E-state index contributed by atoms with van der Waals surface area (Å²) in [6.07, 6.45) is 3.34. The van der Waals surface area contributed by atoms with E-state index in [4.69, 9.17) is 0 Å². The zero-order valence-electron chi connectivity index (χ0n) is 14.7. The van der Waals surface area contributed by atoms with Gasteiger partial charge in [-0.3, -0.25) is 4.79 Å². The standard InChI is InChI=1S/C19H24N2O3/c1-18(2)14-9-10-19(18,3)15(11-14)20-21-16(22)12-5-7-13(8-6-12)17(23)24-4/h5-8,14H,9-11H2,1-4H3,(H,21,22)/b20-15-/t14-,19-/m0/s1. The molecule has 2 saturated carbocycles. The smallest absolute Gasteiger partial charge is 0.337 e. The van der Waals surface area contributed by atoms with E-state index in [0.717, 1.165) is 18.6 Å². The van der Waals surface area contributed by atoms with Crippen molar-refractivity contribution >= 4 is 17.6 Å². The highest BCUT2D eigenvalue weighted by Gasteiger charge is 2.60. The van der Waals surface area contributed by atoms with E-state index in [1.54, 1.807) is 24.3 Å². The molecular formula is C19H24N2O3. The van der Waals surface area contributed by atoms with Crippen LogP contribution in [-0.4, -0.2) is 24.7 Å². The van der Waals surface area contributed by atoms with Crippen molar-refractivity contribution in [2.45, 2.75) is 40.0 Å². The predicted octanol–water partition coefficient (Wildman–Crippen LogP) is 3.41. The molecule has 2 atom stereocenters. The Morgan fingerprint density at radius 2 is 1.79 bits per heavy atom. The summed E-state index contributed by atoms with van der Waals surface area (Å²) < 4.78 is 4.65. The van der Waals surface area contributed by atoms with Gasteiger partial charge in [-0.2, -0.15) is 5.10 Å². The summed E-state index contributed by atoms with van der Waals surface area (Å²) >= 11 is 0. The van der Waals surface area contributed by atoms with Crippen LogP contribution in [0.1, 0.15) is 60.7 Å². The van der Waals surface area contributed by atoms with Gasteiger partial charge in [-0.25, -0.2) is 10.2 Å². The molecule has 0 saturated heterocycles. The number of nitrogens with zero attached hydrogens (tertiary/aromatic N) is 1. The summed E-state index contributed by atoms with van der Waals surface area (Å²) in [5.41, 5.74) is 4.98. The average Bonchev–Trinajstić information content (AvgIpc) is 2.92. The molecule has 1 amide bonds. The van der Waals surface area contributed by atoms with Gasteiger partial charge >= 0.3 is 5.97 Å². The Kier molecular flexibility index (Phi) is 3.98. The molecule has 1 aromatic carbocycles. The normalized spacial score (nSPS) is 28.8. The quantitative estimate of drug-likeness (QED) is 0.683. The average molecular weight is 328 g/mol. The van der Waals surface area contributed by atoms with Crippen molar-refractivity contribution in [2.24, 2.45) is 21.8 Å². The number of ether oxygens (including phenoxy) is 1. The van der Waals surface area contributed by atoms with E-state index in [9.17, 15) is 9.59 Å². The number of esters is 1. The van der Waals surface area contributed by atoms with Crippen LogP contribution in [0.2, 0.25) is 0 Å². The van der Waals surface area contributed by atoms with Crippen molar-refractivity contribution in [2.75, 3.05) is 7.11 Å². The minimum absolute atomic E-state index is 0.0691. The molecule has 2 aliphatic carbocycles. The highest BCUT2D eigenvalue weighted by molar-refractivity contribution is 5.99. The van der Waals surface area contributed by atoms with Crippen LogP contribution in [-0.2, 0) is 4.74 Å². The summed E-state index contributed by atoms with van der Waals surface area (Å²) in [6.45, 7) is 6.87. The molecule has 0 radical (unpaired) electrons. The molecule has 5 nitrogen and oxygen atoms in total. The number of fused-ring (bicyclic) bond motifs is 2. The fourth-order valence-corrected chi connectivity index (χ4v) is 4.16. The van der Waals surface area contributed by atoms with E-state index in [2.05, 4.69) is 36.0 Å². The number of hydrogen-bond acceptors (Lipinski definition) is 4. The van der Waals surface area contributed by atoms with Crippen LogP contribution in [0, 0.1) is 16.7 Å². The Bertz CT molecular complexity index is 706. The topological polar surface area (TPSA) is 67.8 Å². The minimum Gasteiger partial charge on any atom is -0.465 e. The Labute approximate surface area is 142 Å². The monoisotopic (exact) mass is 328 g/mol. The zero-order valence-corrected chi connectivity index (χ0v) is 14.7. The Morgan fingerprint density at radius 3 is 2.29 bits per heavy atom. The number of carbonyl (C=O) groups excluding carboxylic acids is 2. The van der Waals surface area contributed by atoms with Crippen LogP contribution in [0.25, 0.3) is 0 Å². The lowest BCUT2D eigenvalue weighted by Crippen LogP contribution is -2.34. The molecule has 0 aliphatic heterocycles. The second-order valence-corrected chi connectivity index (χ2v) is 7.56. The van der Waals surface area contributed by atoms with E-state index in [-0.39, 0.29) is 16.7 Å². The number of benzene rings is 1. The van der Waals surface area contributed by atoms with Crippen molar-refractivity contribution in [3.05, 3.63) is 35.4 Å². The summed E-state index contributed by atoms with van der Waals surface area (Å²) in [4.78, 5) is 23.7. The van der Waals surface area contributed by atoms with Crippen LogP contribution >= 0.6 is 0 Å². The van der Waals surface area contributed by atoms with Gasteiger partial charge in [0, 0.05) is 16.7 Å². The molecule has 2 bridgehead atoms. The number of carbonyl (C=O) groups is 2. The summed E-state index contributed by atoms with van der Waals surface area (Å²) in [5.74, 6) is -0.0278. The number of hydrazone groups is 1. The van der Waals surface area contributed by atoms with Crippen LogP contribution in [0.5, 0.6) is 0 Å². The largest absolute Gasteiger partial charge is 0.465 e. The third-order valence-corrected chi connectivity index (χ3v) is 6.37. The molecule has 3 rings (SSSR count). The van der Waals surface area contributed by atoms with E-state index in [0.29, 0.717) is 17.0 Å². The predicted molar refractivity (Wildman–Crippen MR) is 91.9 cm³/mol. The first-order valence-electron chi connectivity index (χ1n) is 8.35. The van der Waals surface area contributed by atoms with Gasteiger partial charge in [0.25, 0.3) is 5.91 Å². The van der Waals surface area contributed by atoms with Crippen LogP contribution < -0.4 is 5.43 Å². The second-order valence-electron chi connectivity index (χ2n) is 7.56. The van der Waals surface area contributed by atoms with E-state index < -0.39 is 5.97 Å². The Hall–Kier alpha value is -2.17. The fraction of sp³-hybridized carbons (Fsp3) is 0.526. The van der Waals surface area contributed by atoms with Gasteiger partial charge in [-0.05, 0) is 54.9 Å². The maximum Gasteiger partial charge on any atom is 0.337 e. The van der Waals surface area contributed by atoms with Crippen molar-refractivity contribution in [1.82, 2.24) is 5.43 Å². The summed E-state index contributed by atoms with van der Waals surface area (Å²) in [6, 6.07) is 6.37. The number of methoxy groups -OCH3 is 1. The lowest BCUT2D eigenvalue weighted by molar-refractivity contribution is 0.0600. The SMILES string of the molecule is COC(=O)c1ccc(C(=O)N/N=C2/C[C@@H]3CC[C@]2(C)C3(C)C)cc1. The molecule has 24 heavy (non-hydrogen) atoms. The van der Waals surface area contributed by atoms with E-state index in [1.807, 2.05) is 0 Å². The van der Waals surface area contributed by atoms with Gasteiger partial charge in [0.2, 0.25) is 0 Å². The van der Waals surface area contributed by atoms with E-state index in [1.165, 1.54) is 13.5 Å². The molecule has 1 N–H and O–H groups in total. The lowest BCUT2D eigenvalue weighted by atomic mass is 9.70. The first-order chi connectivity index (χ1) is 11.3. The second kappa shape index (κ2) is 5.72. The molecule has 5 heteroatoms. The third-order valence-electron chi connectivity index (χ3n) is 6.37. The highest BCUT2D eigenvalue weighted by atomic mass is 16.5. The minimum atomic E-state index is -0.417. The number of amides is 1. The van der Waals surface area contributed by atoms with Gasteiger partial charge in [0.1, 0.15) is 0 Å². The zero-order chi connectivity index (χ0) is 17.5. The Morgan fingerprint density at radius 1 is 1.17 bits per heavy atom. The molecule has 1 aromatic rings. The highest BCUT2D eigenvalue weighted by Crippen LogP contribution is 2.63. The van der Waals surface area contributed by atoms with Crippen molar-refractivity contribution in [3.63, 3.8) is 0 Å². The molecular weight excluding hydrogens is 304 g/mol. The number of hydrogen-bond donors (Lipinski definition) is 1. The summed E-state index contributed by atoms with van der Waals surface area (Å²) in [5, 5.41) is 4.45. The van der Waals surface area contributed by atoms with Gasteiger partial charge in [-0.15, -0.1) is 0 Å². The molecule has 0 unspecified atom stereocenters. The maximum atomic E-state index is 12.3. The molecule has 128 valence electrons. The molecule has 0 heterocycles. The molecule has 2 fully saturated rings. The third kappa shape index (κ3) is 2.43. The number of rotatable bonds is 3. The molecule has 2 aliphatic rings. The number of nitrogens with one attached hydrogen (secondary N) is 1. The van der Waals surface area contributed by atoms with Gasteiger partial charge in [0.05, 0.1) is 12.7 Å². The van der Waals surface area contributed by atoms with Crippen LogP contribution in [0.4, 0.5) is 0 Å². The van der Waals surface area contributed by atoms with Gasteiger partial charge in [0.15, 0.2) is 0 Å². The fourth-order valence-electron chi connectivity index (χ4n) is 4.16. The van der Waals surface area contributed by atoms with Crippen LogP contribution in [0.3, 0.4) is 0 Å². The Balaban J connectivity index is 1.71. The van der Waals surface area contributed by atoms with Crippen molar-refractivity contribution in [3.8, 4) is 0 Å². The van der Waals surface area contributed by atoms with Crippen LogP contribution in [0.15, 0.2) is 29.4 Å². The maximum absolute atomic E-state index is 12.3. The van der Waals surface area contributed by atoms with Gasteiger partial charge in [-0.1, -0.05) is 20.8 Å².